The lowest BCUT2D eigenvalue weighted by atomic mass is 10.1. The molecule has 1 heterocycles. The van der Waals surface area contributed by atoms with E-state index >= 15 is 0 Å². The number of amides is 1. The summed E-state index contributed by atoms with van der Waals surface area (Å²) in [4.78, 5) is 35.0. The van der Waals surface area contributed by atoms with E-state index in [0.29, 0.717) is 16.9 Å². The lowest BCUT2D eigenvalue weighted by molar-refractivity contribution is -0.112. The largest absolute Gasteiger partial charge is 0.478 e. The Balaban J connectivity index is 1.77. The molecule has 0 aliphatic carbocycles. The number of furan rings is 1. The Kier molecular flexibility index (Phi) is 6.28. The van der Waals surface area contributed by atoms with Crippen molar-refractivity contribution in [3.05, 3.63) is 83.1 Å². The first-order valence-corrected chi connectivity index (χ1v) is 8.96. The van der Waals surface area contributed by atoms with E-state index in [4.69, 9.17) is 9.52 Å². The van der Waals surface area contributed by atoms with E-state index < -0.39 is 17.8 Å². The van der Waals surface area contributed by atoms with Crippen molar-refractivity contribution in [3.8, 4) is 17.4 Å². The van der Waals surface area contributed by atoms with E-state index in [1.54, 1.807) is 42.5 Å². The van der Waals surface area contributed by atoms with Crippen molar-refractivity contribution in [3.63, 3.8) is 0 Å². The number of hydrogen-bond acceptors (Lipinski definition) is 6. The van der Waals surface area contributed by atoms with Gasteiger partial charge in [-0.3, -0.25) is 4.79 Å². The van der Waals surface area contributed by atoms with Crippen LogP contribution in [0, 0.1) is 11.3 Å². The zero-order chi connectivity index (χ0) is 22.4. The molecule has 0 aliphatic rings. The van der Waals surface area contributed by atoms with Crippen LogP contribution in [-0.2, 0) is 9.53 Å². The van der Waals surface area contributed by atoms with Gasteiger partial charge in [-0.2, -0.15) is 5.26 Å². The molecule has 1 aromatic heterocycles. The average molecular weight is 416 g/mol. The van der Waals surface area contributed by atoms with Crippen molar-refractivity contribution in [2.45, 2.75) is 0 Å². The number of aromatic carboxylic acids is 1. The molecule has 31 heavy (non-hydrogen) atoms. The molecule has 0 atom stereocenters. The zero-order valence-electron chi connectivity index (χ0n) is 16.3. The number of ether oxygens (including phenoxy) is 1. The number of carbonyl (C=O) groups is 3. The Morgan fingerprint density at radius 1 is 1.06 bits per heavy atom. The fourth-order valence-corrected chi connectivity index (χ4v) is 2.69. The van der Waals surface area contributed by atoms with Gasteiger partial charge in [0.05, 0.1) is 18.2 Å². The Morgan fingerprint density at radius 3 is 2.45 bits per heavy atom. The van der Waals surface area contributed by atoms with Crippen LogP contribution in [0.25, 0.3) is 17.4 Å². The second kappa shape index (κ2) is 9.24. The summed E-state index contributed by atoms with van der Waals surface area (Å²) in [5, 5.41) is 20.9. The van der Waals surface area contributed by atoms with Crippen LogP contribution in [0.15, 0.2) is 70.7 Å². The van der Waals surface area contributed by atoms with Crippen LogP contribution in [0.2, 0.25) is 0 Å². The zero-order valence-corrected chi connectivity index (χ0v) is 16.3. The maximum Gasteiger partial charge on any atom is 0.337 e. The molecule has 0 spiro atoms. The Bertz CT molecular complexity index is 1220. The monoisotopic (exact) mass is 416 g/mol. The molecule has 0 aliphatic heterocycles. The Morgan fingerprint density at radius 2 is 1.81 bits per heavy atom. The summed E-state index contributed by atoms with van der Waals surface area (Å²) in [6.45, 7) is 0. The van der Waals surface area contributed by atoms with Gasteiger partial charge in [0.15, 0.2) is 0 Å². The van der Waals surface area contributed by atoms with Crippen molar-refractivity contribution < 1.29 is 28.6 Å². The van der Waals surface area contributed by atoms with E-state index in [0.717, 1.165) is 0 Å². The van der Waals surface area contributed by atoms with Gasteiger partial charge in [0, 0.05) is 17.3 Å². The summed E-state index contributed by atoms with van der Waals surface area (Å²) < 4.78 is 10.3. The molecule has 0 fully saturated rings. The smallest absolute Gasteiger partial charge is 0.337 e. The number of anilines is 1. The van der Waals surface area contributed by atoms with Gasteiger partial charge in [-0.25, -0.2) is 9.59 Å². The summed E-state index contributed by atoms with van der Waals surface area (Å²) in [5.74, 6) is -1.53. The molecule has 1 amide bonds. The maximum atomic E-state index is 12.4. The van der Waals surface area contributed by atoms with Gasteiger partial charge in [-0.15, -0.1) is 0 Å². The second-order valence-electron chi connectivity index (χ2n) is 6.28. The highest BCUT2D eigenvalue weighted by Crippen LogP contribution is 2.24. The van der Waals surface area contributed by atoms with E-state index in [2.05, 4.69) is 10.1 Å². The van der Waals surface area contributed by atoms with Gasteiger partial charge in [0.25, 0.3) is 5.91 Å². The molecule has 154 valence electrons. The lowest BCUT2D eigenvalue weighted by Crippen LogP contribution is -2.13. The molecular weight excluding hydrogens is 400 g/mol. The summed E-state index contributed by atoms with van der Waals surface area (Å²) in [5.41, 5.74) is 1.13. The predicted molar refractivity (Wildman–Crippen MR) is 111 cm³/mol. The van der Waals surface area contributed by atoms with Crippen LogP contribution in [0.1, 0.15) is 26.5 Å². The van der Waals surface area contributed by atoms with Gasteiger partial charge in [-0.05, 0) is 42.5 Å². The van der Waals surface area contributed by atoms with Gasteiger partial charge in [0.2, 0.25) is 0 Å². The fraction of sp³-hybridized carbons (Fsp3) is 0.0435. The number of nitriles is 1. The number of carboxylic acids is 1. The molecule has 2 aromatic carbocycles. The SMILES string of the molecule is COC(=O)c1ccc(-c2ccc(/C=C(/C#N)C(=O)Nc3cccc(C(=O)O)c3)o2)cc1. The van der Waals surface area contributed by atoms with E-state index in [-0.39, 0.29) is 22.6 Å². The minimum Gasteiger partial charge on any atom is -0.478 e. The Labute approximate surface area is 177 Å². The highest BCUT2D eigenvalue weighted by molar-refractivity contribution is 6.09. The third-order valence-electron chi connectivity index (χ3n) is 4.24. The standard InChI is InChI=1S/C23H16N2O6/c1-30-23(29)15-7-5-14(6-8-15)20-10-9-19(31-20)12-17(13-24)21(26)25-18-4-2-3-16(11-18)22(27)28/h2-12H,1H3,(H,25,26)(H,27,28)/b17-12-. The summed E-state index contributed by atoms with van der Waals surface area (Å²) >= 11 is 0. The summed E-state index contributed by atoms with van der Waals surface area (Å²) in [6.07, 6.45) is 1.28. The van der Waals surface area contributed by atoms with Crippen LogP contribution >= 0.6 is 0 Å². The third-order valence-corrected chi connectivity index (χ3v) is 4.24. The van der Waals surface area contributed by atoms with E-state index in [1.807, 2.05) is 0 Å². The molecule has 0 saturated carbocycles. The molecule has 8 nitrogen and oxygen atoms in total. The fourth-order valence-electron chi connectivity index (χ4n) is 2.69. The predicted octanol–water partition coefficient (Wildman–Crippen LogP) is 3.98. The molecular formula is C23H16N2O6. The quantitative estimate of drug-likeness (QED) is 0.353. The number of nitrogens with zero attached hydrogens (tertiary/aromatic N) is 1. The van der Waals surface area contributed by atoms with Gasteiger partial charge in [-0.1, -0.05) is 18.2 Å². The van der Waals surface area contributed by atoms with Gasteiger partial charge >= 0.3 is 11.9 Å². The molecule has 0 bridgehead atoms. The van der Waals surface area contributed by atoms with Crippen LogP contribution in [0.3, 0.4) is 0 Å². The number of carboxylic acid groups (broad SMARTS) is 1. The maximum absolute atomic E-state index is 12.4. The van der Waals surface area contributed by atoms with Crippen LogP contribution < -0.4 is 5.32 Å². The first-order valence-electron chi connectivity index (χ1n) is 8.96. The van der Waals surface area contributed by atoms with Crippen LogP contribution in [0.5, 0.6) is 0 Å². The number of esters is 1. The summed E-state index contributed by atoms with van der Waals surface area (Å²) in [7, 11) is 1.30. The topological polar surface area (TPSA) is 130 Å². The van der Waals surface area contributed by atoms with Crippen molar-refractivity contribution in [1.29, 1.82) is 5.26 Å². The van der Waals surface area contributed by atoms with Crippen molar-refractivity contribution in [2.75, 3.05) is 12.4 Å². The number of rotatable bonds is 6. The molecule has 3 rings (SSSR count). The van der Waals surface area contributed by atoms with Gasteiger partial charge in [0.1, 0.15) is 23.2 Å². The minimum atomic E-state index is -1.13. The van der Waals surface area contributed by atoms with Crippen molar-refractivity contribution in [2.24, 2.45) is 0 Å². The van der Waals surface area contributed by atoms with E-state index in [1.165, 1.54) is 37.5 Å². The number of benzene rings is 2. The minimum absolute atomic E-state index is 0.00850. The average Bonchev–Trinajstić information content (AvgIpc) is 3.25. The number of methoxy groups -OCH3 is 1. The molecule has 0 unspecified atom stereocenters. The first kappa shape index (κ1) is 21.1. The second-order valence-corrected chi connectivity index (χ2v) is 6.28. The van der Waals surface area contributed by atoms with Crippen molar-refractivity contribution >= 4 is 29.6 Å². The van der Waals surface area contributed by atoms with E-state index in [9.17, 15) is 19.6 Å². The third kappa shape index (κ3) is 5.05. The first-order chi connectivity index (χ1) is 14.9. The lowest BCUT2D eigenvalue weighted by Gasteiger charge is -2.05. The molecule has 0 saturated heterocycles. The number of hydrogen-bond donors (Lipinski definition) is 2. The highest BCUT2D eigenvalue weighted by Gasteiger charge is 2.13. The molecule has 3 aromatic rings. The highest BCUT2D eigenvalue weighted by atomic mass is 16.5. The number of carbonyl (C=O) groups excluding carboxylic acids is 2. The van der Waals surface area contributed by atoms with Crippen LogP contribution in [0.4, 0.5) is 5.69 Å². The van der Waals surface area contributed by atoms with Gasteiger partial charge < -0.3 is 19.6 Å². The molecule has 2 N–H and O–H groups in total. The normalized spacial score (nSPS) is 10.8. The molecule has 8 heteroatoms. The molecule has 0 radical (unpaired) electrons. The Hall–Kier alpha value is -4.64. The van der Waals surface area contributed by atoms with Crippen LogP contribution in [-0.4, -0.2) is 30.1 Å². The van der Waals surface area contributed by atoms with Crippen molar-refractivity contribution in [1.82, 2.24) is 0 Å². The summed E-state index contributed by atoms with van der Waals surface area (Å²) in [6, 6.07) is 17.3. The number of nitrogens with one attached hydrogen (secondary N) is 1.